The van der Waals surface area contributed by atoms with Crippen molar-refractivity contribution in [2.75, 3.05) is 6.61 Å². The third-order valence-corrected chi connectivity index (χ3v) is 1.37. The van der Waals surface area contributed by atoms with Gasteiger partial charge in [0.1, 0.15) is 0 Å². The van der Waals surface area contributed by atoms with Crippen LogP contribution in [0, 0.1) is 5.92 Å². The summed E-state index contributed by atoms with van der Waals surface area (Å²) in [5, 5.41) is 12.7. The molecule has 0 radical (unpaired) electrons. The van der Waals surface area contributed by atoms with Gasteiger partial charge in [-0.2, -0.15) is 5.10 Å². The van der Waals surface area contributed by atoms with Gasteiger partial charge in [-0.1, -0.05) is 6.92 Å². The topological polar surface area (TPSA) is 38.0 Å². The summed E-state index contributed by atoms with van der Waals surface area (Å²) in [4.78, 5) is 0. The monoisotopic (exact) mass is 140 g/mol. The van der Waals surface area contributed by atoms with Gasteiger partial charge < -0.3 is 5.11 Å². The third kappa shape index (κ3) is 1.84. The molecule has 1 aromatic heterocycles. The lowest BCUT2D eigenvalue weighted by atomic mass is 10.2. The summed E-state index contributed by atoms with van der Waals surface area (Å²) in [6.45, 7) is 3.01. The average molecular weight is 140 g/mol. The number of hydrogen-bond donors (Lipinski definition) is 1. The predicted octanol–water partition coefficient (Wildman–Crippen LogP) is 0.512. The molecule has 1 aromatic rings. The van der Waals surface area contributed by atoms with Crippen LogP contribution in [0.25, 0.3) is 0 Å². The second-order valence-corrected chi connectivity index (χ2v) is 2.52. The molecule has 10 heavy (non-hydrogen) atoms. The highest BCUT2D eigenvalue weighted by molar-refractivity contribution is 4.77. The quantitative estimate of drug-likeness (QED) is 0.664. The normalized spacial score (nSPS) is 13.4. The van der Waals surface area contributed by atoms with E-state index in [1.165, 1.54) is 0 Å². The molecule has 1 heterocycles. The van der Waals surface area contributed by atoms with E-state index < -0.39 is 0 Å². The first-order valence-electron chi connectivity index (χ1n) is 3.41. The summed E-state index contributed by atoms with van der Waals surface area (Å²) in [7, 11) is 0. The van der Waals surface area contributed by atoms with Crippen molar-refractivity contribution >= 4 is 0 Å². The van der Waals surface area contributed by atoms with Crippen LogP contribution >= 0.6 is 0 Å². The summed E-state index contributed by atoms with van der Waals surface area (Å²) in [5.41, 5.74) is 0. The molecule has 0 saturated carbocycles. The van der Waals surface area contributed by atoms with Gasteiger partial charge in [-0.3, -0.25) is 4.68 Å². The Hall–Kier alpha value is -0.830. The summed E-state index contributed by atoms with van der Waals surface area (Å²) in [6, 6.07) is 1.88. The molecule has 1 N–H and O–H groups in total. The van der Waals surface area contributed by atoms with Crippen molar-refractivity contribution in [3.8, 4) is 0 Å². The fourth-order valence-electron chi connectivity index (χ4n) is 0.786. The first-order valence-corrected chi connectivity index (χ1v) is 3.41. The second-order valence-electron chi connectivity index (χ2n) is 2.52. The summed E-state index contributed by atoms with van der Waals surface area (Å²) in [6.07, 6.45) is 3.64. The number of aliphatic hydroxyl groups is 1. The van der Waals surface area contributed by atoms with Gasteiger partial charge in [0.15, 0.2) is 0 Å². The summed E-state index contributed by atoms with van der Waals surface area (Å²) in [5.74, 6) is 0.292. The van der Waals surface area contributed by atoms with E-state index in [0.717, 1.165) is 6.54 Å². The largest absolute Gasteiger partial charge is 0.396 e. The molecule has 0 bridgehead atoms. The van der Waals surface area contributed by atoms with E-state index in [1.807, 2.05) is 23.9 Å². The van der Waals surface area contributed by atoms with Gasteiger partial charge in [0.05, 0.1) is 0 Å². The first kappa shape index (κ1) is 7.28. The van der Waals surface area contributed by atoms with Crippen LogP contribution in [0.4, 0.5) is 0 Å². The Balaban J connectivity index is 2.40. The summed E-state index contributed by atoms with van der Waals surface area (Å²) < 4.78 is 1.82. The number of rotatable bonds is 3. The smallest absolute Gasteiger partial charge is 0.0489 e. The molecular formula is C7H12N2O. The number of aromatic nitrogens is 2. The zero-order valence-corrected chi connectivity index (χ0v) is 6.07. The molecule has 0 unspecified atom stereocenters. The molecule has 1 rings (SSSR count). The van der Waals surface area contributed by atoms with Crippen LogP contribution in [0.15, 0.2) is 18.5 Å². The van der Waals surface area contributed by atoms with E-state index in [0.29, 0.717) is 5.92 Å². The molecule has 0 aliphatic heterocycles. The van der Waals surface area contributed by atoms with E-state index >= 15 is 0 Å². The molecule has 3 nitrogen and oxygen atoms in total. The van der Waals surface area contributed by atoms with Gasteiger partial charge in [0.25, 0.3) is 0 Å². The zero-order valence-electron chi connectivity index (χ0n) is 6.07. The Bertz CT molecular complexity index is 172. The number of hydrogen-bond acceptors (Lipinski definition) is 2. The van der Waals surface area contributed by atoms with E-state index in [-0.39, 0.29) is 6.61 Å². The molecule has 0 spiro atoms. The SMILES string of the molecule is C[C@H](CO)Cn1cccn1. The lowest BCUT2D eigenvalue weighted by Crippen LogP contribution is -2.11. The average Bonchev–Trinajstić information content (AvgIpc) is 2.40. The Morgan fingerprint density at radius 2 is 2.50 bits per heavy atom. The molecule has 0 aromatic carbocycles. The maximum atomic E-state index is 8.69. The van der Waals surface area contributed by atoms with Crippen LogP contribution < -0.4 is 0 Å². The second kappa shape index (κ2) is 3.37. The van der Waals surface area contributed by atoms with Crippen LogP contribution in [0.5, 0.6) is 0 Å². The predicted molar refractivity (Wildman–Crippen MR) is 38.5 cm³/mol. The molecule has 1 atom stereocenters. The standard InChI is InChI=1S/C7H12N2O/c1-7(6-10)5-9-4-2-3-8-9/h2-4,7,10H,5-6H2,1H3/t7-/m0/s1. The Morgan fingerprint density at radius 1 is 1.70 bits per heavy atom. The van der Waals surface area contributed by atoms with Gasteiger partial charge in [-0.25, -0.2) is 0 Å². The van der Waals surface area contributed by atoms with Crippen LogP contribution in [0.1, 0.15) is 6.92 Å². The van der Waals surface area contributed by atoms with Crippen LogP contribution in [-0.4, -0.2) is 21.5 Å². The Kier molecular flexibility index (Phi) is 2.45. The molecule has 0 fully saturated rings. The van der Waals surface area contributed by atoms with Crippen molar-refractivity contribution in [1.82, 2.24) is 9.78 Å². The maximum absolute atomic E-state index is 8.69. The highest BCUT2D eigenvalue weighted by Crippen LogP contribution is 1.96. The maximum Gasteiger partial charge on any atom is 0.0489 e. The van der Waals surface area contributed by atoms with Gasteiger partial charge in [0.2, 0.25) is 0 Å². The molecule has 0 aliphatic rings. The molecule has 0 aliphatic carbocycles. The minimum atomic E-state index is 0.222. The van der Waals surface area contributed by atoms with Crippen molar-refractivity contribution in [2.24, 2.45) is 5.92 Å². The first-order chi connectivity index (χ1) is 4.83. The molecule has 0 saturated heterocycles. The Labute approximate surface area is 60.3 Å². The Morgan fingerprint density at radius 3 is 3.00 bits per heavy atom. The van der Waals surface area contributed by atoms with Crippen molar-refractivity contribution in [3.05, 3.63) is 18.5 Å². The summed E-state index contributed by atoms with van der Waals surface area (Å²) >= 11 is 0. The minimum absolute atomic E-state index is 0.222. The van der Waals surface area contributed by atoms with Gasteiger partial charge in [-0.15, -0.1) is 0 Å². The van der Waals surface area contributed by atoms with Crippen LogP contribution in [0.3, 0.4) is 0 Å². The molecule has 0 amide bonds. The highest BCUT2D eigenvalue weighted by atomic mass is 16.3. The fraction of sp³-hybridized carbons (Fsp3) is 0.571. The van der Waals surface area contributed by atoms with E-state index in [2.05, 4.69) is 5.10 Å². The number of nitrogens with zero attached hydrogens (tertiary/aromatic N) is 2. The van der Waals surface area contributed by atoms with Crippen LogP contribution in [-0.2, 0) is 6.54 Å². The minimum Gasteiger partial charge on any atom is -0.396 e. The third-order valence-electron chi connectivity index (χ3n) is 1.37. The number of aliphatic hydroxyl groups excluding tert-OH is 1. The lowest BCUT2D eigenvalue weighted by Gasteiger charge is -2.06. The van der Waals surface area contributed by atoms with Crippen molar-refractivity contribution in [2.45, 2.75) is 13.5 Å². The molecule has 56 valence electrons. The van der Waals surface area contributed by atoms with Crippen molar-refractivity contribution in [3.63, 3.8) is 0 Å². The van der Waals surface area contributed by atoms with E-state index in [4.69, 9.17) is 5.11 Å². The van der Waals surface area contributed by atoms with Gasteiger partial charge >= 0.3 is 0 Å². The lowest BCUT2D eigenvalue weighted by molar-refractivity contribution is 0.219. The van der Waals surface area contributed by atoms with Gasteiger partial charge in [-0.05, 0) is 12.0 Å². The van der Waals surface area contributed by atoms with Crippen molar-refractivity contribution in [1.29, 1.82) is 0 Å². The molecular weight excluding hydrogens is 128 g/mol. The van der Waals surface area contributed by atoms with E-state index in [1.54, 1.807) is 6.20 Å². The highest BCUT2D eigenvalue weighted by Gasteiger charge is 1.99. The fourth-order valence-corrected chi connectivity index (χ4v) is 0.786. The molecule has 3 heteroatoms. The van der Waals surface area contributed by atoms with Gasteiger partial charge in [0, 0.05) is 25.5 Å². The zero-order chi connectivity index (χ0) is 7.40. The van der Waals surface area contributed by atoms with Crippen molar-refractivity contribution < 1.29 is 5.11 Å². The van der Waals surface area contributed by atoms with E-state index in [9.17, 15) is 0 Å². The van der Waals surface area contributed by atoms with Crippen LogP contribution in [0.2, 0.25) is 0 Å².